The zero-order valence-corrected chi connectivity index (χ0v) is 16.6. The van der Waals surface area contributed by atoms with E-state index in [0.29, 0.717) is 0 Å². The van der Waals surface area contributed by atoms with E-state index in [9.17, 15) is 61.3 Å². The molecule has 14 atom stereocenters. The number of rotatable bonds is 4. The highest BCUT2D eigenvalue weighted by Gasteiger charge is 2.74. The van der Waals surface area contributed by atoms with Crippen molar-refractivity contribution in [1.82, 2.24) is 0 Å². The van der Waals surface area contributed by atoms with Gasteiger partial charge in [0.1, 0.15) is 73.2 Å². The molecule has 0 aromatic carbocycles. The first kappa shape index (κ1) is 26.0. The van der Waals surface area contributed by atoms with Crippen molar-refractivity contribution >= 4 is 0 Å². The fourth-order valence-electron chi connectivity index (χ4n) is 4.50. The van der Waals surface area contributed by atoms with E-state index < -0.39 is 104 Å². The minimum atomic E-state index is -3.39. The van der Waals surface area contributed by atoms with Gasteiger partial charge in [-0.2, -0.15) is 0 Å². The van der Waals surface area contributed by atoms with Gasteiger partial charge in [-0.25, -0.2) is 0 Å². The molecular weight excluding hydrogens is 444 g/mol. The summed E-state index contributed by atoms with van der Waals surface area (Å²) in [4.78, 5) is 0. The minimum absolute atomic E-state index is 0.706. The molecule has 3 rings (SSSR count). The van der Waals surface area contributed by atoms with Crippen LogP contribution < -0.4 is 0 Å². The standard InChI is InChI=1S/C17H30O15/c18-1-5-8(22)10(24)12(26)15(31-5)17(29)16(28,13(27)9(23)6(2-19)32-17)14-11(25)7(21)4(20)3-30-14/h4-15,18-29H,1-3H2/t4-,5-,6-,7+,8-,9+,10+,11-,12-,13+,14?,15?,16+,17?/m1/s1. The lowest BCUT2D eigenvalue weighted by atomic mass is 9.69. The average molecular weight is 474 g/mol. The summed E-state index contributed by atoms with van der Waals surface area (Å²) in [5.74, 6) is -3.39. The van der Waals surface area contributed by atoms with Gasteiger partial charge >= 0.3 is 0 Å². The topological polar surface area (TPSA) is 270 Å². The molecular formula is C17H30O15. The first-order valence-corrected chi connectivity index (χ1v) is 9.92. The molecule has 3 aliphatic rings. The van der Waals surface area contributed by atoms with Crippen molar-refractivity contribution in [2.75, 3.05) is 19.8 Å². The van der Waals surface area contributed by atoms with E-state index in [0.717, 1.165) is 0 Å². The highest BCUT2D eigenvalue weighted by atomic mass is 16.7. The number of hydrogen-bond donors (Lipinski definition) is 12. The van der Waals surface area contributed by atoms with Gasteiger partial charge in [0, 0.05) is 0 Å². The molecule has 188 valence electrons. The Morgan fingerprint density at radius 2 is 1.22 bits per heavy atom. The van der Waals surface area contributed by atoms with Gasteiger partial charge in [-0.1, -0.05) is 0 Å². The second-order valence-electron chi connectivity index (χ2n) is 8.35. The van der Waals surface area contributed by atoms with Gasteiger partial charge in [0.2, 0.25) is 5.79 Å². The summed E-state index contributed by atoms with van der Waals surface area (Å²) in [6, 6.07) is 0. The second-order valence-corrected chi connectivity index (χ2v) is 8.35. The summed E-state index contributed by atoms with van der Waals surface area (Å²) >= 11 is 0. The van der Waals surface area contributed by atoms with Gasteiger partial charge in [0.05, 0.1) is 19.8 Å². The smallest absolute Gasteiger partial charge is 0.230 e. The van der Waals surface area contributed by atoms with Crippen LogP contribution in [0.2, 0.25) is 0 Å². The van der Waals surface area contributed by atoms with Crippen molar-refractivity contribution < 1.29 is 75.5 Å². The monoisotopic (exact) mass is 474 g/mol. The Morgan fingerprint density at radius 3 is 1.78 bits per heavy atom. The Hall–Kier alpha value is -0.600. The van der Waals surface area contributed by atoms with Crippen LogP contribution >= 0.6 is 0 Å². The number of aliphatic hydroxyl groups excluding tert-OH is 10. The molecule has 0 aliphatic carbocycles. The van der Waals surface area contributed by atoms with Gasteiger partial charge < -0.3 is 75.5 Å². The van der Waals surface area contributed by atoms with Crippen LogP contribution in [0.1, 0.15) is 0 Å². The van der Waals surface area contributed by atoms with E-state index in [-0.39, 0.29) is 0 Å². The molecule has 0 bridgehead atoms. The van der Waals surface area contributed by atoms with Gasteiger partial charge in [-0.15, -0.1) is 0 Å². The SMILES string of the molecule is OC[C@H]1OC(C2(O)O[C@H](CO)[C@H](O)[C@H](O)[C@]2(O)C2OC[C@@H](O)[C@H](O)[C@H]2O)[C@H](O)[C@@H](O)[C@@H]1O. The molecule has 0 aromatic rings. The third kappa shape index (κ3) is 3.67. The normalized spacial score (nSPS) is 57.4. The molecule has 3 fully saturated rings. The van der Waals surface area contributed by atoms with E-state index in [2.05, 4.69) is 0 Å². The molecule has 0 aromatic heterocycles. The van der Waals surface area contributed by atoms with Crippen LogP contribution in [0.5, 0.6) is 0 Å². The molecule has 0 radical (unpaired) electrons. The fraction of sp³-hybridized carbons (Fsp3) is 1.00. The summed E-state index contributed by atoms with van der Waals surface area (Å²) in [7, 11) is 0. The molecule has 0 saturated carbocycles. The van der Waals surface area contributed by atoms with Crippen molar-refractivity contribution in [3.63, 3.8) is 0 Å². The van der Waals surface area contributed by atoms with Crippen LogP contribution in [0.4, 0.5) is 0 Å². The molecule has 3 unspecified atom stereocenters. The largest absolute Gasteiger partial charge is 0.394 e. The number of ether oxygens (including phenoxy) is 3. The van der Waals surface area contributed by atoms with Crippen LogP contribution in [0.15, 0.2) is 0 Å². The summed E-state index contributed by atoms with van der Waals surface area (Å²) in [5, 5.41) is 124. The van der Waals surface area contributed by atoms with Crippen molar-refractivity contribution in [3.05, 3.63) is 0 Å². The molecule has 15 heteroatoms. The zero-order chi connectivity index (χ0) is 24.2. The minimum Gasteiger partial charge on any atom is -0.394 e. The van der Waals surface area contributed by atoms with E-state index in [1.54, 1.807) is 0 Å². The highest BCUT2D eigenvalue weighted by molar-refractivity contribution is 5.19. The quantitative estimate of drug-likeness (QED) is 0.180. The first-order valence-electron chi connectivity index (χ1n) is 9.92. The lowest BCUT2D eigenvalue weighted by molar-refractivity contribution is -0.456. The molecule has 32 heavy (non-hydrogen) atoms. The molecule has 15 nitrogen and oxygen atoms in total. The van der Waals surface area contributed by atoms with E-state index in [1.165, 1.54) is 0 Å². The van der Waals surface area contributed by atoms with E-state index in [4.69, 9.17) is 14.2 Å². The van der Waals surface area contributed by atoms with Gasteiger partial charge in [0.25, 0.3) is 0 Å². The van der Waals surface area contributed by atoms with Crippen LogP contribution in [0, 0.1) is 0 Å². The van der Waals surface area contributed by atoms with Crippen molar-refractivity contribution in [2.45, 2.75) is 84.6 Å². The van der Waals surface area contributed by atoms with Gasteiger partial charge in [0.15, 0.2) is 5.60 Å². The van der Waals surface area contributed by atoms with E-state index in [1.807, 2.05) is 0 Å². The van der Waals surface area contributed by atoms with Crippen molar-refractivity contribution in [3.8, 4) is 0 Å². The average Bonchev–Trinajstić information content (AvgIpc) is 2.77. The molecule has 3 heterocycles. The number of aliphatic hydroxyl groups is 12. The second kappa shape index (κ2) is 9.21. The Bertz CT molecular complexity index is 651. The van der Waals surface area contributed by atoms with Gasteiger partial charge in [-0.3, -0.25) is 0 Å². The molecule has 3 aliphatic heterocycles. The summed E-state index contributed by atoms with van der Waals surface area (Å²) < 4.78 is 15.6. The highest BCUT2D eigenvalue weighted by Crippen LogP contribution is 2.47. The first-order chi connectivity index (χ1) is 14.9. The van der Waals surface area contributed by atoms with Crippen LogP contribution in [-0.2, 0) is 14.2 Å². The van der Waals surface area contributed by atoms with Gasteiger partial charge in [-0.05, 0) is 0 Å². The Kier molecular flexibility index (Phi) is 7.49. The molecule has 0 amide bonds. The zero-order valence-electron chi connectivity index (χ0n) is 16.6. The fourth-order valence-corrected chi connectivity index (χ4v) is 4.50. The predicted octanol–water partition coefficient (Wildman–Crippen LogP) is -8.16. The Labute approximate surface area is 180 Å². The Morgan fingerprint density at radius 1 is 0.656 bits per heavy atom. The van der Waals surface area contributed by atoms with Crippen molar-refractivity contribution in [2.24, 2.45) is 0 Å². The third-order valence-corrected chi connectivity index (χ3v) is 6.45. The maximum atomic E-state index is 11.5. The molecule has 3 saturated heterocycles. The van der Waals surface area contributed by atoms with Crippen molar-refractivity contribution in [1.29, 1.82) is 0 Å². The van der Waals surface area contributed by atoms with Crippen LogP contribution in [0.3, 0.4) is 0 Å². The Balaban J connectivity index is 2.12. The third-order valence-electron chi connectivity index (χ3n) is 6.45. The molecule has 0 spiro atoms. The maximum Gasteiger partial charge on any atom is 0.230 e. The summed E-state index contributed by atoms with van der Waals surface area (Å²) in [5.41, 5.74) is -3.33. The number of hydrogen-bond acceptors (Lipinski definition) is 15. The lowest BCUT2D eigenvalue weighted by Crippen LogP contribution is -2.85. The van der Waals surface area contributed by atoms with Crippen LogP contribution in [-0.4, -0.2) is 166 Å². The summed E-state index contributed by atoms with van der Waals surface area (Å²) in [6.45, 7) is -2.66. The van der Waals surface area contributed by atoms with E-state index >= 15 is 0 Å². The maximum absolute atomic E-state index is 11.5. The lowest BCUT2D eigenvalue weighted by Gasteiger charge is -2.60. The predicted molar refractivity (Wildman–Crippen MR) is 95.4 cm³/mol. The summed E-state index contributed by atoms with van der Waals surface area (Å²) in [6.07, 6.45) is -24.3. The van der Waals surface area contributed by atoms with Crippen LogP contribution in [0.25, 0.3) is 0 Å². The molecule has 12 N–H and O–H groups in total.